The van der Waals surface area contributed by atoms with E-state index in [-0.39, 0.29) is 0 Å². The Morgan fingerprint density at radius 1 is 0.750 bits per heavy atom. The highest BCUT2D eigenvalue weighted by Crippen LogP contribution is 2.34. The molecule has 0 saturated heterocycles. The van der Waals surface area contributed by atoms with Gasteiger partial charge >= 0.3 is 0 Å². The molecular formula is C25H21N3. The summed E-state index contributed by atoms with van der Waals surface area (Å²) in [7, 11) is 0. The van der Waals surface area contributed by atoms with E-state index in [2.05, 4.69) is 86.1 Å². The number of rotatable bonds is 2. The highest BCUT2D eigenvalue weighted by atomic mass is 15.3. The van der Waals surface area contributed by atoms with Gasteiger partial charge < -0.3 is 0 Å². The van der Waals surface area contributed by atoms with Crippen LogP contribution in [0.15, 0.2) is 72.9 Å². The summed E-state index contributed by atoms with van der Waals surface area (Å²) in [5.41, 5.74) is 9.02. The Bertz CT molecular complexity index is 1330. The Kier molecular flexibility index (Phi) is 3.76. The number of para-hydroxylation sites is 1. The molecule has 2 heterocycles. The fraction of sp³-hybridized carbons (Fsp3) is 0.120. The van der Waals surface area contributed by atoms with Crippen molar-refractivity contribution in [2.45, 2.75) is 20.8 Å². The molecule has 0 saturated carbocycles. The number of hydrogen-bond acceptors (Lipinski definition) is 2. The van der Waals surface area contributed by atoms with E-state index in [4.69, 9.17) is 10.1 Å². The molecule has 0 bridgehead atoms. The first-order chi connectivity index (χ1) is 13.6. The molecule has 5 aromatic rings. The van der Waals surface area contributed by atoms with Crippen LogP contribution in [0, 0.1) is 20.8 Å². The quantitative estimate of drug-likeness (QED) is 0.376. The Hall–Kier alpha value is -3.46. The van der Waals surface area contributed by atoms with E-state index in [9.17, 15) is 0 Å². The number of nitrogens with zero attached hydrogens (tertiary/aromatic N) is 3. The minimum atomic E-state index is 0.969. The zero-order valence-corrected chi connectivity index (χ0v) is 16.3. The van der Waals surface area contributed by atoms with Crippen LogP contribution in [0.2, 0.25) is 0 Å². The first-order valence-electron chi connectivity index (χ1n) is 9.53. The van der Waals surface area contributed by atoms with Crippen LogP contribution in [0.5, 0.6) is 0 Å². The molecule has 136 valence electrons. The van der Waals surface area contributed by atoms with Crippen molar-refractivity contribution in [3.63, 3.8) is 0 Å². The van der Waals surface area contributed by atoms with E-state index in [0.717, 1.165) is 38.8 Å². The highest BCUT2D eigenvalue weighted by molar-refractivity contribution is 6.08. The predicted octanol–water partition coefficient (Wildman–Crippen LogP) is 6.17. The Labute approximate surface area is 164 Å². The molecule has 0 aliphatic carbocycles. The van der Waals surface area contributed by atoms with Crippen molar-refractivity contribution < 1.29 is 0 Å². The maximum atomic E-state index is 5.06. The first kappa shape index (κ1) is 16.7. The highest BCUT2D eigenvalue weighted by Gasteiger charge is 2.17. The number of fused-ring (bicyclic) bond motifs is 3. The zero-order valence-electron chi connectivity index (χ0n) is 16.3. The lowest BCUT2D eigenvalue weighted by atomic mass is 10.0. The lowest BCUT2D eigenvalue weighted by Gasteiger charge is -2.06. The smallest absolute Gasteiger partial charge is 0.102 e. The third-order valence-corrected chi connectivity index (χ3v) is 5.47. The molecular weight excluding hydrogens is 342 g/mol. The van der Waals surface area contributed by atoms with Crippen molar-refractivity contribution >= 4 is 21.8 Å². The lowest BCUT2D eigenvalue weighted by Crippen LogP contribution is -1.97. The molecule has 3 aromatic carbocycles. The van der Waals surface area contributed by atoms with Gasteiger partial charge in [0.25, 0.3) is 0 Å². The van der Waals surface area contributed by atoms with Crippen LogP contribution in [-0.2, 0) is 0 Å². The van der Waals surface area contributed by atoms with Crippen LogP contribution in [0.25, 0.3) is 38.8 Å². The molecule has 0 amide bonds. The Morgan fingerprint density at radius 3 is 2.32 bits per heavy atom. The summed E-state index contributed by atoms with van der Waals surface area (Å²) in [4.78, 5) is 4.70. The average Bonchev–Trinajstić information content (AvgIpc) is 3.11. The van der Waals surface area contributed by atoms with Gasteiger partial charge in [-0.25, -0.2) is 4.68 Å². The van der Waals surface area contributed by atoms with Crippen molar-refractivity contribution in [2.75, 3.05) is 0 Å². The van der Waals surface area contributed by atoms with Gasteiger partial charge in [0.1, 0.15) is 5.69 Å². The fourth-order valence-corrected chi connectivity index (χ4v) is 3.71. The normalized spacial score (nSPS) is 11.4. The monoisotopic (exact) mass is 363 g/mol. The first-order valence-corrected chi connectivity index (χ1v) is 9.53. The maximum Gasteiger partial charge on any atom is 0.102 e. The van der Waals surface area contributed by atoms with Crippen LogP contribution in [0.3, 0.4) is 0 Å². The summed E-state index contributed by atoms with van der Waals surface area (Å²) in [5, 5.41) is 7.24. The van der Waals surface area contributed by atoms with Gasteiger partial charge in [-0.3, -0.25) is 4.98 Å². The zero-order chi connectivity index (χ0) is 19.3. The van der Waals surface area contributed by atoms with Crippen molar-refractivity contribution in [1.82, 2.24) is 14.8 Å². The van der Waals surface area contributed by atoms with Gasteiger partial charge in [0.15, 0.2) is 0 Å². The minimum Gasteiger partial charge on any atom is -0.255 e. The maximum absolute atomic E-state index is 5.06. The third-order valence-electron chi connectivity index (χ3n) is 5.47. The van der Waals surface area contributed by atoms with Crippen molar-refractivity contribution in [2.24, 2.45) is 0 Å². The molecule has 0 atom stereocenters. The average molecular weight is 363 g/mol. The number of aromatic nitrogens is 3. The summed E-state index contributed by atoms with van der Waals surface area (Å²) in [5.74, 6) is 0. The van der Waals surface area contributed by atoms with Gasteiger partial charge in [0.2, 0.25) is 0 Å². The molecule has 0 radical (unpaired) electrons. The molecule has 0 unspecified atom stereocenters. The molecule has 2 aromatic heterocycles. The van der Waals surface area contributed by atoms with Crippen molar-refractivity contribution in [1.29, 1.82) is 0 Å². The van der Waals surface area contributed by atoms with Gasteiger partial charge in [0.05, 0.1) is 16.7 Å². The second kappa shape index (κ2) is 6.31. The minimum absolute atomic E-state index is 0.969. The van der Waals surface area contributed by atoms with E-state index in [1.807, 2.05) is 12.3 Å². The molecule has 0 N–H and O–H groups in total. The lowest BCUT2D eigenvalue weighted by molar-refractivity contribution is 0.917. The van der Waals surface area contributed by atoms with Crippen LogP contribution < -0.4 is 0 Å². The van der Waals surface area contributed by atoms with Gasteiger partial charge in [-0.15, -0.1) is 0 Å². The second-order valence-electron chi connectivity index (χ2n) is 7.43. The van der Waals surface area contributed by atoms with Crippen LogP contribution in [-0.4, -0.2) is 14.8 Å². The summed E-state index contributed by atoms with van der Waals surface area (Å²) in [6, 6.07) is 23.3. The molecule has 28 heavy (non-hydrogen) atoms. The largest absolute Gasteiger partial charge is 0.255 e. The molecule has 0 spiro atoms. The number of hydrogen-bond donors (Lipinski definition) is 0. The van der Waals surface area contributed by atoms with Gasteiger partial charge in [-0.2, -0.15) is 5.10 Å². The van der Waals surface area contributed by atoms with E-state index in [1.54, 1.807) is 0 Å². The molecule has 3 nitrogen and oxygen atoms in total. The summed E-state index contributed by atoms with van der Waals surface area (Å²) in [6.07, 6.45) is 1.96. The van der Waals surface area contributed by atoms with E-state index in [1.165, 1.54) is 16.7 Å². The van der Waals surface area contributed by atoms with Gasteiger partial charge in [0, 0.05) is 22.5 Å². The van der Waals surface area contributed by atoms with Crippen LogP contribution in [0.1, 0.15) is 16.7 Å². The Balaban J connectivity index is 1.88. The molecule has 0 fully saturated rings. The third kappa shape index (κ3) is 2.59. The fourth-order valence-electron chi connectivity index (χ4n) is 3.71. The summed E-state index contributed by atoms with van der Waals surface area (Å²) < 4.78 is 2.06. The molecule has 0 aliphatic rings. The predicted molar refractivity (Wildman–Crippen MR) is 116 cm³/mol. The van der Waals surface area contributed by atoms with E-state index < -0.39 is 0 Å². The number of aryl methyl sites for hydroxylation is 3. The van der Waals surface area contributed by atoms with Gasteiger partial charge in [-0.1, -0.05) is 48.0 Å². The van der Waals surface area contributed by atoms with Gasteiger partial charge in [-0.05, 0) is 56.2 Å². The second-order valence-corrected chi connectivity index (χ2v) is 7.43. The number of benzene rings is 3. The van der Waals surface area contributed by atoms with Crippen molar-refractivity contribution in [3.05, 3.63) is 89.6 Å². The number of pyridine rings is 1. The Morgan fingerprint density at radius 2 is 1.54 bits per heavy atom. The van der Waals surface area contributed by atoms with Crippen LogP contribution >= 0.6 is 0 Å². The standard InChI is InChI=1S/C25H21N3/c1-16-8-12-20(13-9-16)28-25-21-6-4-5-7-23(21)26-15-22(25)24(27-28)19-11-10-17(2)18(3)14-19/h4-15H,1-3H3. The van der Waals surface area contributed by atoms with Crippen molar-refractivity contribution in [3.8, 4) is 16.9 Å². The molecule has 0 aliphatic heterocycles. The van der Waals surface area contributed by atoms with E-state index >= 15 is 0 Å². The van der Waals surface area contributed by atoms with Crippen LogP contribution in [0.4, 0.5) is 0 Å². The molecule has 5 rings (SSSR count). The SMILES string of the molecule is Cc1ccc(-n2nc(-c3ccc(C)c(C)c3)c3cnc4ccccc4c32)cc1. The van der Waals surface area contributed by atoms with E-state index in [0.29, 0.717) is 0 Å². The summed E-state index contributed by atoms with van der Waals surface area (Å²) >= 11 is 0. The molecule has 3 heteroatoms. The summed E-state index contributed by atoms with van der Waals surface area (Å²) in [6.45, 7) is 6.38. The topological polar surface area (TPSA) is 30.7 Å².